The summed E-state index contributed by atoms with van der Waals surface area (Å²) in [6.07, 6.45) is 4.03. The Morgan fingerprint density at radius 2 is 2.08 bits per heavy atom. The highest BCUT2D eigenvalue weighted by molar-refractivity contribution is 5.86. The van der Waals surface area contributed by atoms with E-state index >= 15 is 0 Å². The third-order valence-electron chi connectivity index (χ3n) is 4.46. The van der Waals surface area contributed by atoms with Crippen molar-refractivity contribution in [2.24, 2.45) is 5.92 Å². The van der Waals surface area contributed by atoms with Crippen LogP contribution in [0.4, 0.5) is 0 Å². The molecule has 2 aromatic rings. The Morgan fingerprint density at radius 3 is 2.84 bits per heavy atom. The molecule has 132 valence electrons. The van der Waals surface area contributed by atoms with Crippen LogP contribution in [0.2, 0.25) is 0 Å². The highest BCUT2D eigenvalue weighted by Gasteiger charge is 2.25. The topological polar surface area (TPSA) is 96.1 Å². The van der Waals surface area contributed by atoms with Crippen molar-refractivity contribution >= 4 is 11.8 Å². The van der Waals surface area contributed by atoms with Crippen molar-refractivity contribution in [3.05, 3.63) is 47.3 Å². The lowest BCUT2D eigenvalue weighted by atomic mass is 9.87. The van der Waals surface area contributed by atoms with Crippen LogP contribution in [-0.4, -0.2) is 35.7 Å². The van der Waals surface area contributed by atoms with Gasteiger partial charge in [-0.15, -0.1) is 0 Å². The lowest BCUT2D eigenvalue weighted by Gasteiger charge is -2.20. The molecular weight excluding hydrogens is 320 g/mol. The van der Waals surface area contributed by atoms with E-state index in [2.05, 4.69) is 20.8 Å². The highest BCUT2D eigenvalue weighted by Crippen LogP contribution is 2.23. The standard InChI is InChI=1S/C18H22N4O3/c1-25-15-5-2-12(3-6-15)9-19-17(23)11-20-18(24)13-4-7-16-14(8-13)10-21-22-16/h2-3,5-6,10,13H,4,7-9,11H2,1H3,(H,19,23)(H,20,24)(H,21,22)/t13-/m1/s1. The number of carbonyl (C=O) groups excluding carboxylic acids is 2. The predicted molar refractivity (Wildman–Crippen MR) is 92.0 cm³/mol. The van der Waals surface area contributed by atoms with Crippen molar-refractivity contribution < 1.29 is 14.3 Å². The van der Waals surface area contributed by atoms with E-state index in [1.807, 2.05) is 24.3 Å². The quantitative estimate of drug-likeness (QED) is 0.728. The first-order chi connectivity index (χ1) is 12.2. The van der Waals surface area contributed by atoms with Crippen molar-refractivity contribution in [1.29, 1.82) is 0 Å². The Labute approximate surface area is 146 Å². The van der Waals surface area contributed by atoms with Gasteiger partial charge in [-0.3, -0.25) is 14.7 Å². The summed E-state index contributed by atoms with van der Waals surface area (Å²) in [6, 6.07) is 7.47. The van der Waals surface area contributed by atoms with E-state index in [1.54, 1.807) is 13.3 Å². The van der Waals surface area contributed by atoms with Crippen molar-refractivity contribution in [3.8, 4) is 5.75 Å². The van der Waals surface area contributed by atoms with Crippen LogP contribution in [0.3, 0.4) is 0 Å². The maximum absolute atomic E-state index is 12.2. The van der Waals surface area contributed by atoms with Crippen molar-refractivity contribution in [1.82, 2.24) is 20.8 Å². The molecule has 0 unspecified atom stereocenters. The summed E-state index contributed by atoms with van der Waals surface area (Å²) >= 11 is 0. The number of ether oxygens (including phenoxy) is 1. The summed E-state index contributed by atoms with van der Waals surface area (Å²) in [4.78, 5) is 24.2. The molecule has 0 saturated carbocycles. The highest BCUT2D eigenvalue weighted by atomic mass is 16.5. The molecule has 1 aliphatic carbocycles. The summed E-state index contributed by atoms with van der Waals surface area (Å²) in [5.74, 6) is 0.394. The number of H-pyrrole nitrogens is 1. The zero-order valence-corrected chi connectivity index (χ0v) is 14.2. The fraction of sp³-hybridized carbons (Fsp3) is 0.389. The van der Waals surface area contributed by atoms with E-state index in [1.165, 1.54) is 0 Å². The van der Waals surface area contributed by atoms with Gasteiger partial charge in [0.1, 0.15) is 5.75 Å². The number of nitrogens with zero attached hydrogens (tertiary/aromatic N) is 1. The van der Waals surface area contributed by atoms with Crippen LogP contribution in [-0.2, 0) is 29.0 Å². The third kappa shape index (κ3) is 4.37. The second-order valence-corrected chi connectivity index (χ2v) is 6.16. The minimum atomic E-state index is -0.205. The van der Waals surface area contributed by atoms with E-state index in [-0.39, 0.29) is 24.3 Å². The van der Waals surface area contributed by atoms with E-state index in [4.69, 9.17) is 4.74 Å². The zero-order valence-electron chi connectivity index (χ0n) is 14.2. The van der Waals surface area contributed by atoms with E-state index in [0.29, 0.717) is 13.0 Å². The molecule has 1 heterocycles. The normalized spacial score (nSPS) is 16.0. The molecule has 1 aromatic heterocycles. The average Bonchev–Trinajstić information content (AvgIpc) is 3.12. The minimum Gasteiger partial charge on any atom is -0.497 e. The molecule has 0 bridgehead atoms. The van der Waals surface area contributed by atoms with Crippen molar-refractivity contribution in [2.75, 3.05) is 13.7 Å². The van der Waals surface area contributed by atoms with Crippen LogP contribution >= 0.6 is 0 Å². The summed E-state index contributed by atoms with van der Waals surface area (Å²) < 4.78 is 5.09. The van der Waals surface area contributed by atoms with Crippen LogP contribution in [0.15, 0.2) is 30.5 Å². The zero-order chi connectivity index (χ0) is 17.6. The van der Waals surface area contributed by atoms with Crippen LogP contribution in [0, 0.1) is 5.92 Å². The second kappa shape index (κ2) is 7.83. The molecule has 0 aliphatic heterocycles. The van der Waals surface area contributed by atoms with Gasteiger partial charge in [-0.2, -0.15) is 5.10 Å². The number of aromatic nitrogens is 2. The Kier molecular flexibility index (Phi) is 5.33. The number of rotatable bonds is 6. The summed E-state index contributed by atoms with van der Waals surface area (Å²) in [6.45, 7) is 0.407. The van der Waals surface area contributed by atoms with Gasteiger partial charge in [0.25, 0.3) is 0 Å². The van der Waals surface area contributed by atoms with Gasteiger partial charge in [-0.05, 0) is 42.5 Å². The first kappa shape index (κ1) is 17.0. The number of hydrogen-bond acceptors (Lipinski definition) is 4. The second-order valence-electron chi connectivity index (χ2n) is 6.16. The van der Waals surface area contributed by atoms with Gasteiger partial charge in [-0.25, -0.2) is 0 Å². The summed E-state index contributed by atoms with van der Waals surface area (Å²) in [5.41, 5.74) is 3.18. The number of amides is 2. The molecule has 0 saturated heterocycles. The molecule has 1 aromatic carbocycles. The number of methoxy groups -OCH3 is 1. The first-order valence-electron chi connectivity index (χ1n) is 8.34. The largest absolute Gasteiger partial charge is 0.497 e. The van der Waals surface area contributed by atoms with E-state index < -0.39 is 0 Å². The molecule has 7 nitrogen and oxygen atoms in total. The number of nitrogens with one attached hydrogen (secondary N) is 3. The molecule has 1 aliphatic rings. The van der Waals surface area contributed by atoms with Gasteiger partial charge >= 0.3 is 0 Å². The summed E-state index contributed by atoms with van der Waals surface area (Å²) in [5, 5.41) is 12.5. The maximum Gasteiger partial charge on any atom is 0.239 e. The molecule has 0 fully saturated rings. The average molecular weight is 342 g/mol. The van der Waals surface area contributed by atoms with Gasteiger partial charge in [0.2, 0.25) is 11.8 Å². The van der Waals surface area contributed by atoms with Gasteiger partial charge in [0, 0.05) is 18.2 Å². The van der Waals surface area contributed by atoms with E-state index in [0.717, 1.165) is 35.4 Å². The lowest BCUT2D eigenvalue weighted by Crippen LogP contribution is -2.40. The fourth-order valence-corrected chi connectivity index (χ4v) is 2.96. The van der Waals surface area contributed by atoms with E-state index in [9.17, 15) is 9.59 Å². The smallest absolute Gasteiger partial charge is 0.239 e. The number of fused-ring (bicyclic) bond motifs is 1. The monoisotopic (exact) mass is 342 g/mol. The van der Waals surface area contributed by atoms with Gasteiger partial charge in [0.15, 0.2) is 0 Å². The predicted octanol–water partition coefficient (Wildman–Crippen LogP) is 0.956. The molecule has 3 N–H and O–H groups in total. The van der Waals surface area contributed by atoms with Crippen LogP contribution < -0.4 is 15.4 Å². The molecule has 2 amide bonds. The van der Waals surface area contributed by atoms with Crippen molar-refractivity contribution in [2.45, 2.75) is 25.8 Å². The first-order valence-corrected chi connectivity index (χ1v) is 8.34. The number of carbonyl (C=O) groups is 2. The van der Waals surface area contributed by atoms with Gasteiger partial charge in [-0.1, -0.05) is 12.1 Å². The molecule has 25 heavy (non-hydrogen) atoms. The Bertz CT molecular complexity index is 739. The molecular formula is C18H22N4O3. The van der Waals surface area contributed by atoms with Gasteiger partial charge in [0.05, 0.1) is 19.9 Å². The molecule has 1 atom stereocenters. The third-order valence-corrected chi connectivity index (χ3v) is 4.46. The molecule has 0 radical (unpaired) electrons. The van der Waals surface area contributed by atoms with Gasteiger partial charge < -0.3 is 15.4 Å². The Balaban J connectivity index is 1.40. The number of aromatic amines is 1. The number of benzene rings is 1. The summed E-state index contributed by atoms with van der Waals surface area (Å²) in [7, 11) is 1.61. The SMILES string of the molecule is COc1ccc(CNC(=O)CNC(=O)[C@@H]2CCc3[nH]ncc3C2)cc1. The lowest BCUT2D eigenvalue weighted by molar-refractivity contribution is -0.128. The fourth-order valence-electron chi connectivity index (χ4n) is 2.96. The van der Waals surface area contributed by atoms with Crippen LogP contribution in [0.25, 0.3) is 0 Å². The van der Waals surface area contributed by atoms with Crippen LogP contribution in [0.1, 0.15) is 23.2 Å². The molecule has 7 heteroatoms. The molecule has 0 spiro atoms. The maximum atomic E-state index is 12.2. The number of aryl methyl sites for hydroxylation is 1. The van der Waals surface area contributed by atoms with Crippen molar-refractivity contribution in [3.63, 3.8) is 0 Å². The minimum absolute atomic E-state index is 0.0102. The van der Waals surface area contributed by atoms with Crippen LogP contribution in [0.5, 0.6) is 5.75 Å². The Morgan fingerprint density at radius 1 is 1.28 bits per heavy atom. The Hall–Kier alpha value is -2.83. The number of hydrogen-bond donors (Lipinski definition) is 3. The molecule has 3 rings (SSSR count).